The van der Waals surface area contributed by atoms with E-state index in [-0.39, 0.29) is 11.9 Å². The van der Waals surface area contributed by atoms with Gasteiger partial charge in [0.1, 0.15) is 17.5 Å². The van der Waals surface area contributed by atoms with Crippen molar-refractivity contribution in [3.63, 3.8) is 0 Å². The van der Waals surface area contributed by atoms with E-state index in [0.29, 0.717) is 31.9 Å². The standard InChI is InChI=1S/C28H33NO4/c1-5-32-12-13-33-23-10-11-28(4,17-23)27(31)26-25(30)16-22-15-21(8-9-24(22)29-26)20-7-6-18(2)19(3)14-20/h6-9,14-16,23,27,30-31H,2-3,5,10-13,17H2,1,4H3. The van der Waals surface area contributed by atoms with Gasteiger partial charge in [-0.15, -0.1) is 0 Å². The molecule has 2 aromatic carbocycles. The summed E-state index contributed by atoms with van der Waals surface area (Å²) in [5.41, 5.74) is 2.70. The lowest BCUT2D eigenvalue weighted by molar-refractivity contribution is -0.0115. The van der Waals surface area contributed by atoms with Crippen molar-refractivity contribution in [3.8, 4) is 16.9 Å². The molecular weight excluding hydrogens is 414 g/mol. The molecule has 5 heteroatoms. The lowest BCUT2D eigenvalue weighted by atomic mass is 9.80. The van der Waals surface area contributed by atoms with Gasteiger partial charge in [-0.1, -0.05) is 38.3 Å². The molecule has 0 spiro atoms. The molecule has 1 aliphatic rings. The van der Waals surface area contributed by atoms with E-state index in [1.807, 2.05) is 50.2 Å². The molecule has 1 aromatic heterocycles. The number of aromatic hydroxyl groups is 1. The van der Waals surface area contributed by atoms with Crippen LogP contribution in [0, 0.1) is 5.41 Å². The van der Waals surface area contributed by atoms with Gasteiger partial charge >= 0.3 is 0 Å². The summed E-state index contributed by atoms with van der Waals surface area (Å²) in [6.07, 6.45) is 1.60. The SMILES string of the molecule is C=c1ccc(-c2ccc3nc(C(O)C4(C)CCC(OCCOCC)C4)c(O)cc3c2)cc1=C. The van der Waals surface area contributed by atoms with Crippen LogP contribution in [0.5, 0.6) is 5.75 Å². The third kappa shape index (κ3) is 4.96. The van der Waals surface area contributed by atoms with Crippen molar-refractivity contribution in [2.45, 2.75) is 45.3 Å². The Balaban J connectivity index is 1.55. The lowest BCUT2D eigenvalue weighted by Gasteiger charge is -2.30. The molecule has 174 valence electrons. The molecular formula is C28H33NO4. The topological polar surface area (TPSA) is 71.8 Å². The highest BCUT2D eigenvalue weighted by atomic mass is 16.5. The van der Waals surface area contributed by atoms with E-state index >= 15 is 0 Å². The molecule has 33 heavy (non-hydrogen) atoms. The van der Waals surface area contributed by atoms with Gasteiger partial charge in [0.25, 0.3) is 0 Å². The Morgan fingerprint density at radius 2 is 1.85 bits per heavy atom. The molecule has 1 saturated carbocycles. The number of nitrogens with zero attached hydrogens (tertiary/aromatic N) is 1. The molecule has 1 fully saturated rings. The first-order valence-corrected chi connectivity index (χ1v) is 11.6. The Kier molecular flexibility index (Phi) is 6.84. The fourth-order valence-corrected chi connectivity index (χ4v) is 4.72. The summed E-state index contributed by atoms with van der Waals surface area (Å²) in [5.74, 6) is 0.0139. The zero-order valence-corrected chi connectivity index (χ0v) is 19.5. The highest BCUT2D eigenvalue weighted by molar-refractivity contribution is 5.85. The first kappa shape index (κ1) is 23.4. The van der Waals surface area contributed by atoms with Gasteiger partial charge in [-0.2, -0.15) is 0 Å². The van der Waals surface area contributed by atoms with Crippen molar-refractivity contribution in [1.82, 2.24) is 4.98 Å². The summed E-state index contributed by atoms with van der Waals surface area (Å²) in [7, 11) is 0. The summed E-state index contributed by atoms with van der Waals surface area (Å²) >= 11 is 0. The minimum atomic E-state index is -0.875. The number of aliphatic hydroxyl groups is 1. The van der Waals surface area contributed by atoms with Crippen LogP contribution in [0.1, 0.15) is 44.9 Å². The summed E-state index contributed by atoms with van der Waals surface area (Å²) in [6.45, 7) is 13.8. The first-order valence-electron chi connectivity index (χ1n) is 11.6. The van der Waals surface area contributed by atoms with Crippen LogP contribution in [0.3, 0.4) is 0 Å². The third-order valence-corrected chi connectivity index (χ3v) is 6.80. The molecule has 2 N–H and O–H groups in total. The van der Waals surface area contributed by atoms with Gasteiger partial charge in [-0.3, -0.25) is 0 Å². The van der Waals surface area contributed by atoms with Gasteiger partial charge in [-0.05, 0) is 72.0 Å². The largest absolute Gasteiger partial charge is 0.506 e. The number of benzene rings is 2. The van der Waals surface area contributed by atoms with Crippen molar-refractivity contribution in [1.29, 1.82) is 0 Å². The van der Waals surface area contributed by atoms with E-state index in [2.05, 4.69) is 18.1 Å². The van der Waals surface area contributed by atoms with Crippen LogP contribution in [-0.2, 0) is 9.47 Å². The molecule has 0 aliphatic heterocycles. The van der Waals surface area contributed by atoms with Gasteiger partial charge in [0.05, 0.1) is 24.8 Å². The van der Waals surface area contributed by atoms with Crippen LogP contribution >= 0.6 is 0 Å². The normalized spacial score (nSPS) is 21.5. The minimum Gasteiger partial charge on any atom is -0.506 e. The Bertz CT molecular complexity index is 1240. The number of fused-ring (bicyclic) bond motifs is 1. The molecule has 3 aromatic rings. The van der Waals surface area contributed by atoms with Gasteiger partial charge in [-0.25, -0.2) is 4.98 Å². The van der Waals surface area contributed by atoms with Crippen LogP contribution < -0.4 is 10.4 Å². The number of ether oxygens (including phenoxy) is 2. The van der Waals surface area contributed by atoms with Crippen LogP contribution in [0.25, 0.3) is 35.2 Å². The number of hydrogen-bond donors (Lipinski definition) is 2. The second kappa shape index (κ2) is 9.64. The molecule has 3 unspecified atom stereocenters. The lowest BCUT2D eigenvalue weighted by Crippen LogP contribution is -2.25. The predicted molar refractivity (Wildman–Crippen MR) is 132 cm³/mol. The van der Waals surface area contributed by atoms with Crippen molar-refractivity contribution in [2.75, 3.05) is 19.8 Å². The number of aliphatic hydroxyl groups excluding tert-OH is 1. The van der Waals surface area contributed by atoms with Gasteiger partial charge < -0.3 is 19.7 Å². The zero-order valence-electron chi connectivity index (χ0n) is 19.5. The van der Waals surface area contributed by atoms with Crippen LogP contribution in [0.15, 0.2) is 42.5 Å². The van der Waals surface area contributed by atoms with Gasteiger partial charge in [0, 0.05) is 17.4 Å². The van der Waals surface area contributed by atoms with E-state index in [1.54, 1.807) is 6.07 Å². The fourth-order valence-electron chi connectivity index (χ4n) is 4.72. The number of aromatic nitrogens is 1. The maximum atomic E-state index is 11.2. The Morgan fingerprint density at radius 3 is 2.61 bits per heavy atom. The highest BCUT2D eigenvalue weighted by Gasteiger charge is 2.43. The van der Waals surface area contributed by atoms with E-state index in [1.165, 1.54) is 0 Å². The Hall–Kier alpha value is -2.73. The first-order chi connectivity index (χ1) is 15.8. The molecule has 0 amide bonds. The number of rotatable bonds is 8. The summed E-state index contributed by atoms with van der Waals surface area (Å²) in [4.78, 5) is 4.66. The molecule has 3 atom stereocenters. The van der Waals surface area contributed by atoms with Crippen molar-refractivity contribution >= 4 is 24.1 Å². The van der Waals surface area contributed by atoms with E-state index in [4.69, 9.17) is 9.47 Å². The van der Waals surface area contributed by atoms with E-state index in [0.717, 1.165) is 45.3 Å². The molecule has 0 bridgehead atoms. The second-order valence-corrected chi connectivity index (χ2v) is 9.27. The quantitative estimate of drug-likeness (QED) is 0.509. The maximum Gasteiger partial charge on any atom is 0.140 e. The molecule has 1 aliphatic carbocycles. The Morgan fingerprint density at radius 1 is 1.09 bits per heavy atom. The highest BCUT2D eigenvalue weighted by Crippen LogP contribution is 2.49. The zero-order chi connectivity index (χ0) is 23.6. The average Bonchev–Trinajstić information content (AvgIpc) is 3.19. The van der Waals surface area contributed by atoms with Gasteiger partial charge in [0.15, 0.2) is 0 Å². The van der Waals surface area contributed by atoms with Crippen LogP contribution in [0.2, 0.25) is 0 Å². The number of hydrogen-bond acceptors (Lipinski definition) is 5. The van der Waals surface area contributed by atoms with Crippen LogP contribution in [-0.4, -0.2) is 41.1 Å². The molecule has 5 nitrogen and oxygen atoms in total. The average molecular weight is 448 g/mol. The number of pyridine rings is 1. The third-order valence-electron chi connectivity index (χ3n) is 6.80. The predicted octanol–water partition coefficient (Wildman–Crippen LogP) is 4.07. The summed E-state index contributed by atoms with van der Waals surface area (Å²) in [6, 6.07) is 13.6. The summed E-state index contributed by atoms with van der Waals surface area (Å²) in [5, 5.41) is 24.6. The molecule has 1 heterocycles. The molecule has 0 saturated heterocycles. The van der Waals surface area contributed by atoms with Crippen molar-refractivity contribution in [3.05, 3.63) is 58.6 Å². The van der Waals surface area contributed by atoms with E-state index < -0.39 is 11.5 Å². The van der Waals surface area contributed by atoms with Gasteiger partial charge in [0.2, 0.25) is 0 Å². The minimum absolute atomic E-state index is 0.0139. The Labute approximate surface area is 195 Å². The molecule has 4 rings (SSSR count). The van der Waals surface area contributed by atoms with Crippen molar-refractivity contribution in [2.24, 2.45) is 5.41 Å². The smallest absolute Gasteiger partial charge is 0.140 e. The molecule has 0 radical (unpaired) electrons. The summed E-state index contributed by atoms with van der Waals surface area (Å²) < 4.78 is 11.3. The second-order valence-electron chi connectivity index (χ2n) is 9.27. The monoisotopic (exact) mass is 447 g/mol. The van der Waals surface area contributed by atoms with E-state index in [9.17, 15) is 10.2 Å². The van der Waals surface area contributed by atoms with Crippen LogP contribution in [0.4, 0.5) is 0 Å². The van der Waals surface area contributed by atoms with Crippen molar-refractivity contribution < 1.29 is 19.7 Å². The maximum absolute atomic E-state index is 11.2. The fraction of sp³-hybridized carbons (Fsp3) is 0.393.